The zero-order chi connectivity index (χ0) is 18.7. The molecular formula is C18H15BrClN3O2S. The van der Waals surface area contributed by atoms with Crippen molar-refractivity contribution in [1.82, 2.24) is 9.55 Å². The van der Waals surface area contributed by atoms with Crippen LogP contribution in [-0.4, -0.2) is 21.2 Å². The molecule has 1 amide bonds. The highest BCUT2D eigenvalue weighted by atomic mass is 79.9. The van der Waals surface area contributed by atoms with Crippen LogP contribution in [0.25, 0.3) is 10.9 Å². The Labute approximate surface area is 167 Å². The third-order valence-corrected chi connectivity index (χ3v) is 5.38. The molecule has 3 rings (SSSR count). The average molecular weight is 453 g/mol. The first kappa shape index (κ1) is 18.9. The number of nitrogens with zero attached hydrogens (tertiary/aromatic N) is 2. The maximum atomic E-state index is 12.7. The lowest BCUT2D eigenvalue weighted by Gasteiger charge is -2.11. The third kappa shape index (κ3) is 4.28. The van der Waals surface area contributed by atoms with E-state index in [0.717, 1.165) is 4.47 Å². The molecule has 1 heterocycles. The number of thioether (sulfide) groups is 1. The van der Waals surface area contributed by atoms with Gasteiger partial charge in [0.15, 0.2) is 5.16 Å². The SMILES string of the molecule is CCn1c(SCC(=O)Nc2ccc(Cl)cc2)nc2ccc(Br)cc2c1=O. The van der Waals surface area contributed by atoms with Crippen LogP contribution in [0.3, 0.4) is 0 Å². The predicted octanol–water partition coefficient (Wildman–Crippen LogP) is 4.56. The number of carbonyl (C=O) groups excluding carboxylic acids is 1. The molecule has 0 unspecified atom stereocenters. The van der Waals surface area contributed by atoms with Crippen LogP contribution < -0.4 is 10.9 Å². The predicted molar refractivity (Wildman–Crippen MR) is 110 cm³/mol. The number of rotatable bonds is 5. The van der Waals surface area contributed by atoms with Crippen molar-refractivity contribution >= 4 is 61.8 Å². The molecule has 0 atom stereocenters. The molecule has 26 heavy (non-hydrogen) atoms. The molecule has 0 fully saturated rings. The molecule has 8 heteroatoms. The molecule has 0 saturated heterocycles. The normalized spacial score (nSPS) is 10.9. The molecule has 2 aromatic carbocycles. The van der Waals surface area contributed by atoms with Gasteiger partial charge in [-0.25, -0.2) is 4.98 Å². The summed E-state index contributed by atoms with van der Waals surface area (Å²) in [4.78, 5) is 29.4. The first-order valence-electron chi connectivity index (χ1n) is 7.86. The molecule has 0 bridgehead atoms. The van der Waals surface area contributed by atoms with Crippen molar-refractivity contribution in [3.05, 3.63) is 62.3 Å². The van der Waals surface area contributed by atoms with Gasteiger partial charge in [-0.1, -0.05) is 39.3 Å². The number of carbonyl (C=O) groups is 1. The van der Waals surface area contributed by atoms with E-state index in [0.29, 0.717) is 33.3 Å². The van der Waals surface area contributed by atoms with Gasteiger partial charge < -0.3 is 5.32 Å². The van der Waals surface area contributed by atoms with Crippen molar-refractivity contribution < 1.29 is 4.79 Å². The number of nitrogens with one attached hydrogen (secondary N) is 1. The van der Waals surface area contributed by atoms with E-state index in [1.807, 2.05) is 13.0 Å². The third-order valence-electron chi connectivity index (χ3n) is 3.66. The minimum atomic E-state index is -0.176. The standard InChI is InChI=1S/C18H15BrClN3O2S/c1-2-23-17(25)14-9-11(19)3-8-15(14)22-18(23)26-10-16(24)21-13-6-4-12(20)5-7-13/h3-9H,2,10H2,1H3,(H,21,24). The Morgan fingerprint density at radius 2 is 2.00 bits per heavy atom. The maximum Gasteiger partial charge on any atom is 0.262 e. The Morgan fingerprint density at radius 3 is 2.69 bits per heavy atom. The largest absolute Gasteiger partial charge is 0.325 e. The molecule has 0 aliphatic rings. The number of halogens is 2. The Kier molecular flexibility index (Phi) is 6.01. The summed E-state index contributed by atoms with van der Waals surface area (Å²) in [5, 5.41) is 4.48. The quantitative estimate of drug-likeness (QED) is 0.455. The zero-order valence-electron chi connectivity index (χ0n) is 13.8. The number of aromatic nitrogens is 2. The van der Waals surface area contributed by atoms with Crippen LogP contribution in [0.5, 0.6) is 0 Å². The monoisotopic (exact) mass is 451 g/mol. The van der Waals surface area contributed by atoms with Crippen molar-refractivity contribution in [3.8, 4) is 0 Å². The topological polar surface area (TPSA) is 64.0 Å². The fourth-order valence-electron chi connectivity index (χ4n) is 2.42. The lowest BCUT2D eigenvalue weighted by Crippen LogP contribution is -2.23. The molecule has 134 valence electrons. The Hall–Kier alpha value is -1.83. The summed E-state index contributed by atoms with van der Waals surface area (Å²) in [5.74, 6) is -0.0259. The van der Waals surface area contributed by atoms with Crippen LogP contribution in [0.1, 0.15) is 6.92 Å². The summed E-state index contributed by atoms with van der Waals surface area (Å²) in [6.45, 7) is 2.36. The number of amides is 1. The molecule has 0 spiro atoms. The summed E-state index contributed by atoms with van der Waals surface area (Å²) in [6.07, 6.45) is 0. The number of hydrogen-bond acceptors (Lipinski definition) is 4. The van der Waals surface area contributed by atoms with Crippen LogP contribution in [0.2, 0.25) is 5.02 Å². The highest BCUT2D eigenvalue weighted by Gasteiger charge is 2.13. The van der Waals surface area contributed by atoms with Crippen LogP contribution in [0, 0.1) is 0 Å². The Bertz CT molecular complexity index is 1020. The minimum Gasteiger partial charge on any atom is -0.325 e. The summed E-state index contributed by atoms with van der Waals surface area (Å²) in [7, 11) is 0. The van der Waals surface area contributed by atoms with Gasteiger partial charge in [0.2, 0.25) is 5.91 Å². The van der Waals surface area contributed by atoms with Crippen molar-refractivity contribution in [1.29, 1.82) is 0 Å². The molecule has 0 radical (unpaired) electrons. The van der Waals surface area contributed by atoms with Gasteiger partial charge in [0.1, 0.15) is 0 Å². The van der Waals surface area contributed by atoms with Gasteiger partial charge in [-0.15, -0.1) is 0 Å². The van der Waals surface area contributed by atoms with Crippen LogP contribution in [0.15, 0.2) is 56.9 Å². The smallest absolute Gasteiger partial charge is 0.262 e. The molecular weight excluding hydrogens is 438 g/mol. The van der Waals surface area contributed by atoms with E-state index in [9.17, 15) is 9.59 Å². The second-order valence-electron chi connectivity index (χ2n) is 5.45. The number of fused-ring (bicyclic) bond motifs is 1. The van der Waals surface area contributed by atoms with Gasteiger partial charge in [-0.3, -0.25) is 14.2 Å². The molecule has 0 saturated carbocycles. The lowest BCUT2D eigenvalue weighted by atomic mass is 10.2. The Morgan fingerprint density at radius 1 is 1.27 bits per heavy atom. The number of benzene rings is 2. The van der Waals surface area contributed by atoms with E-state index in [-0.39, 0.29) is 17.2 Å². The van der Waals surface area contributed by atoms with Crippen LogP contribution >= 0.6 is 39.3 Å². The highest BCUT2D eigenvalue weighted by molar-refractivity contribution is 9.10. The second-order valence-corrected chi connectivity index (χ2v) is 7.74. The number of anilines is 1. The molecule has 5 nitrogen and oxygen atoms in total. The average Bonchev–Trinajstić information content (AvgIpc) is 2.62. The maximum absolute atomic E-state index is 12.7. The van der Waals surface area contributed by atoms with Gasteiger partial charge in [0, 0.05) is 21.7 Å². The van der Waals surface area contributed by atoms with Crippen LogP contribution in [0.4, 0.5) is 5.69 Å². The minimum absolute atomic E-state index is 0.112. The fraction of sp³-hybridized carbons (Fsp3) is 0.167. The highest BCUT2D eigenvalue weighted by Crippen LogP contribution is 2.21. The summed E-state index contributed by atoms with van der Waals surface area (Å²) in [6, 6.07) is 12.3. The summed E-state index contributed by atoms with van der Waals surface area (Å²) < 4.78 is 2.41. The summed E-state index contributed by atoms with van der Waals surface area (Å²) in [5.41, 5.74) is 1.17. The molecule has 3 aromatic rings. The van der Waals surface area contributed by atoms with E-state index >= 15 is 0 Å². The summed E-state index contributed by atoms with van der Waals surface area (Å²) >= 11 is 10.4. The van der Waals surface area contributed by atoms with E-state index in [1.165, 1.54) is 11.8 Å². The van der Waals surface area contributed by atoms with Gasteiger partial charge in [-0.05, 0) is 49.4 Å². The lowest BCUT2D eigenvalue weighted by molar-refractivity contribution is -0.113. The first-order chi connectivity index (χ1) is 12.5. The molecule has 0 aliphatic heterocycles. The molecule has 1 N–H and O–H groups in total. The van der Waals surface area contributed by atoms with E-state index in [4.69, 9.17) is 11.6 Å². The van der Waals surface area contributed by atoms with Crippen molar-refractivity contribution in [2.45, 2.75) is 18.6 Å². The van der Waals surface area contributed by atoms with Crippen LogP contribution in [-0.2, 0) is 11.3 Å². The van der Waals surface area contributed by atoms with Gasteiger partial charge in [0.05, 0.1) is 16.7 Å². The zero-order valence-corrected chi connectivity index (χ0v) is 17.0. The van der Waals surface area contributed by atoms with Crippen molar-refractivity contribution in [2.75, 3.05) is 11.1 Å². The molecule has 1 aromatic heterocycles. The number of hydrogen-bond donors (Lipinski definition) is 1. The van der Waals surface area contributed by atoms with Crippen molar-refractivity contribution in [3.63, 3.8) is 0 Å². The van der Waals surface area contributed by atoms with Gasteiger partial charge in [0.25, 0.3) is 5.56 Å². The fourth-order valence-corrected chi connectivity index (χ4v) is 3.77. The van der Waals surface area contributed by atoms with E-state index in [1.54, 1.807) is 41.0 Å². The van der Waals surface area contributed by atoms with Gasteiger partial charge in [-0.2, -0.15) is 0 Å². The first-order valence-corrected chi connectivity index (χ1v) is 10.0. The van der Waals surface area contributed by atoms with E-state index in [2.05, 4.69) is 26.2 Å². The second kappa shape index (κ2) is 8.24. The van der Waals surface area contributed by atoms with Crippen molar-refractivity contribution in [2.24, 2.45) is 0 Å². The molecule has 0 aliphatic carbocycles. The Balaban J connectivity index is 1.79. The van der Waals surface area contributed by atoms with E-state index < -0.39 is 0 Å². The van der Waals surface area contributed by atoms with Gasteiger partial charge >= 0.3 is 0 Å².